The van der Waals surface area contributed by atoms with Crippen LogP contribution in [-0.2, 0) is 9.16 Å². The Hall–Kier alpha value is -1.55. The van der Waals surface area contributed by atoms with E-state index >= 15 is 0 Å². The van der Waals surface area contributed by atoms with Gasteiger partial charge in [0.25, 0.3) is 0 Å². The molecule has 0 radical (unpaired) electrons. The minimum atomic E-state index is -2.09. The van der Waals surface area contributed by atoms with Gasteiger partial charge in [-0.3, -0.25) is 0 Å². The average molecular weight is 297 g/mol. The van der Waals surface area contributed by atoms with Gasteiger partial charge in [0.2, 0.25) is 0 Å². The van der Waals surface area contributed by atoms with E-state index in [2.05, 4.69) is 55.0 Å². The second-order valence-corrected chi connectivity index (χ2v) is 10.7. The Kier molecular flexibility index (Phi) is 7.28. The van der Waals surface area contributed by atoms with Crippen LogP contribution in [0.1, 0.15) is 20.8 Å². The lowest BCUT2D eigenvalue weighted by atomic mass is 10.2. The molecule has 0 rings (SSSR count). The van der Waals surface area contributed by atoms with Crippen molar-refractivity contribution in [3.05, 3.63) is 10.4 Å². The summed E-state index contributed by atoms with van der Waals surface area (Å²) in [5.41, 5.74) is 8.47. The van der Waals surface area contributed by atoms with Crippen LogP contribution in [0.25, 0.3) is 10.4 Å². The Morgan fingerprint density at radius 3 is 2.45 bits per heavy atom. The Morgan fingerprint density at radius 2 is 2.05 bits per heavy atom. The van der Waals surface area contributed by atoms with E-state index in [0.29, 0.717) is 0 Å². The van der Waals surface area contributed by atoms with Crippen LogP contribution in [0.4, 0.5) is 0 Å². The zero-order chi connectivity index (χ0) is 15.8. The van der Waals surface area contributed by atoms with E-state index in [9.17, 15) is 5.26 Å². The summed E-state index contributed by atoms with van der Waals surface area (Å²) >= 11 is 0. The number of hydrogen-bond donors (Lipinski definition) is 0. The smallest absolute Gasteiger partial charge is 0.192 e. The Morgan fingerprint density at radius 1 is 1.45 bits per heavy atom. The van der Waals surface area contributed by atoms with Gasteiger partial charge in [-0.2, -0.15) is 5.26 Å². The zero-order valence-corrected chi connectivity index (χ0v) is 14.0. The topological polar surface area (TPSA) is 103 Å². The predicted octanol–water partition coefficient (Wildman–Crippen LogP) is 3.25. The monoisotopic (exact) mass is 297 g/mol. The summed E-state index contributed by atoms with van der Waals surface area (Å²) in [5.74, 6) is 0. The lowest BCUT2D eigenvalue weighted by Gasteiger charge is -2.39. The first-order valence-corrected chi connectivity index (χ1v) is 9.23. The largest absolute Gasteiger partial charge is 0.487 e. The normalized spacial score (nSPS) is 15.2. The summed E-state index contributed by atoms with van der Waals surface area (Å²) in [7, 11) is -0.632. The number of aliphatic imine (C=N–C) groups is 1. The van der Waals surface area contributed by atoms with Crippen LogP contribution in [0, 0.1) is 11.3 Å². The van der Waals surface area contributed by atoms with Crippen LogP contribution in [0.5, 0.6) is 0 Å². The third kappa shape index (κ3) is 5.61. The van der Waals surface area contributed by atoms with E-state index < -0.39 is 20.5 Å². The zero-order valence-electron chi connectivity index (χ0n) is 13.0. The number of hydrogen-bond acceptors (Lipinski definition) is 5. The van der Waals surface area contributed by atoms with Crippen molar-refractivity contribution < 1.29 is 9.16 Å². The number of methoxy groups -OCH3 is 1. The van der Waals surface area contributed by atoms with Gasteiger partial charge in [-0.25, -0.2) is 4.99 Å². The van der Waals surface area contributed by atoms with Crippen LogP contribution in [0.2, 0.25) is 18.1 Å². The molecule has 0 aliphatic carbocycles. The minimum Gasteiger partial charge on any atom is -0.487 e. The fourth-order valence-electron chi connectivity index (χ4n) is 1.21. The molecule has 0 fully saturated rings. The lowest BCUT2D eigenvalue weighted by Crippen LogP contribution is -2.47. The highest BCUT2D eigenvalue weighted by Gasteiger charge is 2.40. The first kappa shape index (κ1) is 18.4. The number of ether oxygens (including phenoxy) is 1. The van der Waals surface area contributed by atoms with Crippen LogP contribution >= 0.6 is 0 Å². The van der Waals surface area contributed by atoms with Gasteiger partial charge in [0.05, 0.1) is 25.8 Å². The van der Waals surface area contributed by atoms with E-state index in [1.54, 1.807) is 0 Å². The van der Waals surface area contributed by atoms with E-state index in [0.717, 1.165) is 0 Å². The molecule has 0 N–H and O–H groups in total. The van der Waals surface area contributed by atoms with Crippen molar-refractivity contribution in [3.8, 4) is 6.07 Å². The molecule has 0 saturated heterocycles. The fourth-order valence-corrected chi connectivity index (χ4v) is 2.53. The molecule has 0 aromatic rings. The van der Waals surface area contributed by atoms with Gasteiger partial charge in [-0.15, -0.1) is 0 Å². The van der Waals surface area contributed by atoms with Gasteiger partial charge in [0.1, 0.15) is 0 Å². The molecule has 0 unspecified atom stereocenters. The van der Waals surface area contributed by atoms with E-state index in [-0.39, 0.29) is 11.6 Å². The molecule has 20 heavy (non-hydrogen) atoms. The molecule has 0 aromatic heterocycles. The lowest BCUT2D eigenvalue weighted by molar-refractivity contribution is 0.176. The van der Waals surface area contributed by atoms with E-state index in [4.69, 9.17) is 14.7 Å². The maximum atomic E-state index is 9.20. The molecule has 0 amide bonds. The molecule has 7 nitrogen and oxygen atoms in total. The molecule has 0 aromatic carbocycles. The molecule has 0 aliphatic rings. The molecule has 0 heterocycles. The Labute approximate surface area is 121 Å². The van der Waals surface area contributed by atoms with Crippen molar-refractivity contribution in [3.63, 3.8) is 0 Å². The van der Waals surface area contributed by atoms with Crippen LogP contribution in [0.15, 0.2) is 10.1 Å². The fraction of sp³-hybridized carbons (Fsp3) is 0.833. The molecule has 0 saturated carbocycles. The molecule has 0 aliphatic heterocycles. The highest BCUT2D eigenvalue weighted by molar-refractivity contribution is 6.74. The van der Waals surface area contributed by atoms with Crippen molar-refractivity contribution in [1.29, 1.82) is 5.26 Å². The number of nitriles is 1. The average Bonchev–Trinajstić information content (AvgIpc) is 2.34. The van der Waals surface area contributed by atoms with Crippen molar-refractivity contribution in [2.45, 2.75) is 51.0 Å². The second-order valence-electron chi connectivity index (χ2n) is 5.89. The van der Waals surface area contributed by atoms with Crippen LogP contribution in [0.3, 0.4) is 0 Å². The summed E-state index contributed by atoms with van der Waals surface area (Å²) in [6.07, 6.45) is 0.634. The summed E-state index contributed by atoms with van der Waals surface area (Å²) in [5, 5.41) is 12.7. The third-order valence-electron chi connectivity index (χ3n) is 3.39. The first-order chi connectivity index (χ1) is 9.19. The van der Waals surface area contributed by atoms with Gasteiger partial charge in [0, 0.05) is 4.91 Å². The first-order valence-electron chi connectivity index (χ1n) is 6.32. The summed E-state index contributed by atoms with van der Waals surface area (Å²) in [4.78, 5) is 6.72. The Balaban J connectivity index is 5.20. The van der Waals surface area contributed by atoms with Gasteiger partial charge >= 0.3 is 0 Å². The van der Waals surface area contributed by atoms with Crippen molar-refractivity contribution in [1.82, 2.24) is 0 Å². The van der Waals surface area contributed by atoms with Crippen LogP contribution in [-0.4, -0.2) is 40.5 Å². The SMILES string of the molecule is COC=N[C@H](C#N)[C@H](CN=[N+]=[N-])O[Si](C)(C)C(C)(C)C. The molecular weight excluding hydrogens is 274 g/mol. The third-order valence-corrected chi connectivity index (χ3v) is 7.89. The standard InChI is InChI=1S/C12H23N5O2Si/c1-12(2,3)20(5,6)19-11(8-16-17-14)10(7-13)15-9-18-4/h9-11H,8H2,1-6H3/t10-,11+/m1/s1. The maximum absolute atomic E-state index is 9.20. The molecule has 2 atom stereocenters. The number of rotatable bonds is 7. The molecular formula is C12H23N5O2Si. The van der Waals surface area contributed by atoms with Crippen molar-refractivity contribution in [2.24, 2.45) is 10.1 Å². The van der Waals surface area contributed by atoms with Gasteiger partial charge < -0.3 is 9.16 Å². The number of nitrogens with zero attached hydrogens (tertiary/aromatic N) is 5. The van der Waals surface area contributed by atoms with Gasteiger partial charge in [0.15, 0.2) is 20.8 Å². The second kappa shape index (κ2) is 7.90. The summed E-state index contributed by atoms with van der Waals surface area (Å²) < 4.78 is 10.9. The quantitative estimate of drug-likeness (QED) is 0.180. The summed E-state index contributed by atoms with van der Waals surface area (Å²) in [6, 6.07) is 1.30. The van der Waals surface area contributed by atoms with Crippen molar-refractivity contribution >= 4 is 14.7 Å². The Bertz CT molecular complexity index is 419. The highest BCUT2D eigenvalue weighted by Crippen LogP contribution is 2.37. The van der Waals surface area contributed by atoms with Crippen LogP contribution < -0.4 is 0 Å². The maximum Gasteiger partial charge on any atom is 0.192 e. The molecule has 8 heteroatoms. The van der Waals surface area contributed by atoms with E-state index in [1.165, 1.54) is 13.5 Å². The molecule has 0 bridgehead atoms. The van der Waals surface area contributed by atoms with E-state index in [1.807, 2.05) is 0 Å². The van der Waals surface area contributed by atoms with Gasteiger partial charge in [-0.1, -0.05) is 25.9 Å². The van der Waals surface area contributed by atoms with Gasteiger partial charge in [-0.05, 0) is 23.7 Å². The van der Waals surface area contributed by atoms with Crippen molar-refractivity contribution in [2.75, 3.05) is 13.7 Å². The predicted molar refractivity (Wildman–Crippen MR) is 81.0 cm³/mol. The highest BCUT2D eigenvalue weighted by atomic mass is 28.4. The summed E-state index contributed by atoms with van der Waals surface area (Å²) in [6.45, 7) is 10.5. The molecule has 0 spiro atoms. The molecule has 112 valence electrons. The minimum absolute atomic E-state index is 0.00736. The number of azide groups is 1.